The van der Waals surface area contributed by atoms with Crippen LogP contribution in [-0.4, -0.2) is 0 Å². The minimum Gasteiger partial charge on any atom is -0.0767 e. The molecular formula is C15H16. The van der Waals surface area contributed by atoms with Crippen molar-refractivity contribution in [3.05, 3.63) is 59.7 Å². The van der Waals surface area contributed by atoms with E-state index in [1.165, 1.54) is 24.8 Å². The molecule has 0 heterocycles. The highest BCUT2D eigenvalue weighted by Crippen LogP contribution is 2.42. The standard InChI is InChI=1S/C15H16/c1-2-5-12(6-3-1)14-7-4-8-15(11-14)13-9-10-13/h1-8,13-14H,9-11H2. The molecule has 2 aliphatic rings. The van der Waals surface area contributed by atoms with Gasteiger partial charge >= 0.3 is 0 Å². The lowest BCUT2D eigenvalue weighted by Gasteiger charge is -2.18. The van der Waals surface area contributed by atoms with Gasteiger partial charge in [0.2, 0.25) is 0 Å². The van der Waals surface area contributed by atoms with Crippen molar-refractivity contribution in [1.82, 2.24) is 0 Å². The third kappa shape index (κ3) is 1.90. The average Bonchev–Trinajstić information content (AvgIpc) is 3.14. The van der Waals surface area contributed by atoms with Gasteiger partial charge < -0.3 is 0 Å². The van der Waals surface area contributed by atoms with Gasteiger partial charge in [0, 0.05) is 5.92 Å². The topological polar surface area (TPSA) is 0 Å². The van der Waals surface area contributed by atoms with E-state index in [2.05, 4.69) is 48.6 Å². The fourth-order valence-electron chi connectivity index (χ4n) is 2.39. The van der Waals surface area contributed by atoms with Crippen LogP contribution in [0.2, 0.25) is 0 Å². The Morgan fingerprint density at radius 1 is 1.00 bits per heavy atom. The van der Waals surface area contributed by atoms with Crippen LogP contribution < -0.4 is 0 Å². The van der Waals surface area contributed by atoms with E-state index >= 15 is 0 Å². The van der Waals surface area contributed by atoms with Gasteiger partial charge in [0.25, 0.3) is 0 Å². The molecule has 1 saturated carbocycles. The summed E-state index contributed by atoms with van der Waals surface area (Å²) in [6, 6.07) is 10.8. The Kier molecular flexibility index (Phi) is 2.21. The molecule has 0 nitrogen and oxygen atoms in total. The lowest BCUT2D eigenvalue weighted by molar-refractivity contribution is 0.759. The van der Waals surface area contributed by atoms with Gasteiger partial charge in [-0.05, 0) is 30.7 Å². The Labute approximate surface area is 91.3 Å². The van der Waals surface area contributed by atoms with Crippen molar-refractivity contribution in [3.63, 3.8) is 0 Å². The molecule has 0 aromatic heterocycles. The fourth-order valence-corrected chi connectivity index (χ4v) is 2.39. The molecule has 3 rings (SSSR count). The van der Waals surface area contributed by atoms with Crippen molar-refractivity contribution < 1.29 is 0 Å². The van der Waals surface area contributed by atoms with Crippen LogP contribution >= 0.6 is 0 Å². The summed E-state index contributed by atoms with van der Waals surface area (Å²) >= 11 is 0. The number of hydrogen-bond acceptors (Lipinski definition) is 0. The predicted octanol–water partition coefficient (Wildman–Crippen LogP) is 4.07. The molecule has 76 valence electrons. The maximum absolute atomic E-state index is 2.33. The minimum atomic E-state index is 0.617. The maximum atomic E-state index is 2.33. The van der Waals surface area contributed by atoms with Gasteiger partial charge in [0.1, 0.15) is 0 Å². The minimum absolute atomic E-state index is 0.617. The van der Waals surface area contributed by atoms with Crippen molar-refractivity contribution >= 4 is 0 Å². The SMILES string of the molecule is C1=CC(c2ccccc2)CC(C2CC2)=C1. The molecule has 0 spiro atoms. The highest BCUT2D eigenvalue weighted by Gasteiger charge is 2.28. The molecule has 2 aliphatic carbocycles. The first kappa shape index (κ1) is 8.96. The maximum Gasteiger partial charge on any atom is 0.00584 e. The van der Waals surface area contributed by atoms with Crippen molar-refractivity contribution in [3.8, 4) is 0 Å². The Morgan fingerprint density at radius 3 is 2.53 bits per heavy atom. The summed E-state index contributed by atoms with van der Waals surface area (Å²) in [6.45, 7) is 0. The Morgan fingerprint density at radius 2 is 1.80 bits per heavy atom. The van der Waals surface area contributed by atoms with Gasteiger partial charge in [-0.25, -0.2) is 0 Å². The molecule has 0 N–H and O–H groups in total. The van der Waals surface area contributed by atoms with Crippen molar-refractivity contribution in [2.75, 3.05) is 0 Å². The monoisotopic (exact) mass is 196 g/mol. The van der Waals surface area contributed by atoms with Crippen molar-refractivity contribution in [2.45, 2.75) is 25.2 Å². The van der Waals surface area contributed by atoms with E-state index in [0.717, 1.165) is 5.92 Å². The summed E-state index contributed by atoms with van der Waals surface area (Å²) < 4.78 is 0. The van der Waals surface area contributed by atoms with Gasteiger partial charge in [0.05, 0.1) is 0 Å². The van der Waals surface area contributed by atoms with Gasteiger partial charge in [-0.1, -0.05) is 54.1 Å². The van der Waals surface area contributed by atoms with Crippen LogP contribution in [-0.2, 0) is 0 Å². The van der Waals surface area contributed by atoms with Crippen molar-refractivity contribution in [2.24, 2.45) is 5.92 Å². The van der Waals surface area contributed by atoms with Gasteiger partial charge in [0.15, 0.2) is 0 Å². The molecule has 1 fully saturated rings. The van der Waals surface area contributed by atoms with E-state index in [4.69, 9.17) is 0 Å². The van der Waals surface area contributed by atoms with Crippen LogP contribution in [0, 0.1) is 5.92 Å². The summed E-state index contributed by atoms with van der Waals surface area (Å²) in [7, 11) is 0. The zero-order valence-electron chi connectivity index (χ0n) is 8.89. The lowest BCUT2D eigenvalue weighted by atomic mass is 9.86. The smallest absolute Gasteiger partial charge is 0.00584 e. The summed E-state index contributed by atoms with van der Waals surface area (Å²) in [6.07, 6.45) is 11.0. The van der Waals surface area contributed by atoms with Crippen LogP contribution in [0.15, 0.2) is 54.1 Å². The largest absolute Gasteiger partial charge is 0.0767 e. The zero-order chi connectivity index (χ0) is 10.1. The first-order chi connectivity index (χ1) is 7.43. The van der Waals surface area contributed by atoms with Crippen LogP contribution in [0.3, 0.4) is 0 Å². The number of allylic oxidation sites excluding steroid dienone is 4. The number of hydrogen-bond donors (Lipinski definition) is 0. The highest BCUT2D eigenvalue weighted by molar-refractivity contribution is 5.33. The Bertz CT molecular complexity index is 393. The lowest BCUT2D eigenvalue weighted by Crippen LogP contribution is -2.01. The predicted molar refractivity (Wildman–Crippen MR) is 63.7 cm³/mol. The number of rotatable bonds is 2. The molecule has 15 heavy (non-hydrogen) atoms. The third-order valence-corrected chi connectivity index (χ3v) is 3.44. The molecule has 0 saturated heterocycles. The average molecular weight is 196 g/mol. The molecule has 0 aliphatic heterocycles. The van der Waals surface area contributed by atoms with Crippen LogP contribution in [0.4, 0.5) is 0 Å². The van der Waals surface area contributed by atoms with Crippen molar-refractivity contribution in [1.29, 1.82) is 0 Å². The van der Waals surface area contributed by atoms with Crippen LogP contribution in [0.25, 0.3) is 0 Å². The van der Waals surface area contributed by atoms with Gasteiger partial charge in [-0.15, -0.1) is 0 Å². The second kappa shape index (κ2) is 3.69. The van der Waals surface area contributed by atoms with E-state index in [0.29, 0.717) is 5.92 Å². The van der Waals surface area contributed by atoms with Gasteiger partial charge in [-0.2, -0.15) is 0 Å². The third-order valence-electron chi connectivity index (χ3n) is 3.44. The molecule has 1 unspecified atom stereocenters. The molecule has 1 aromatic carbocycles. The second-order valence-corrected chi connectivity index (χ2v) is 4.62. The summed E-state index contributed by atoms with van der Waals surface area (Å²) in [5, 5.41) is 0. The van der Waals surface area contributed by atoms with Crippen LogP contribution in [0.5, 0.6) is 0 Å². The summed E-state index contributed by atoms with van der Waals surface area (Å²) in [5.74, 6) is 1.54. The van der Waals surface area contributed by atoms with E-state index in [1.54, 1.807) is 5.57 Å². The van der Waals surface area contributed by atoms with Crippen LogP contribution in [0.1, 0.15) is 30.7 Å². The Balaban J connectivity index is 1.80. The highest BCUT2D eigenvalue weighted by atomic mass is 14.3. The quantitative estimate of drug-likeness (QED) is 0.669. The first-order valence-corrected chi connectivity index (χ1v) is 5.86. The van der Waals surface area contributed by atoms with E-state index in [-0.39, 0.29) is 0 Å². The van der Waals surface area contributed by atoms with Gasteiger partial charge in [-0.3, -0.25) is 0 Å². The zero-order valence-corrected chi connectivity index (χ0v) is 8.89. The molecule has 0 bridgehead atoms. The molecule has 1 aromatic rings. The normalized spacial score (nSPS) is 25.1. The molecule has 1 atom stereocenters. The Hall–Kier alpha value is -1.30. The number of benzene rings is 1. The molecule has 0 heteroatoms. The van der Waals surface area contributed by atoms with E-state index < -0.39 is 0 Å². The summed E-state index contributed by atoms with van der Waals surface area (Å²) in [5.41, 5.74) is 3.13. The second-order valence-electron chi connectivity index (χ2n) is 4.62. The summed E-state index contributed by atoms with van der Waals surface area (Å²) in [4.78, 5) is 0. The molecule has 0 amide bonds. The fraction of sp³-hybridized carbons (Fsp3) is 0.333. The van der Waals surface area contributed by atoms with E-state index in [9.17, 15) is 0 Å². The molecule has 0 radical (unpaired) electrons. The first-order valence-electron chi connectivity index (χ1n) is 5.86. The molecular weight excluding hydrogens is 180 g/mol. The van der Waals surface area contributed by atoms with E-state index in [1.807, 2.05) is 0 Å².